The average molecular weight is 261 g/mol. The Bertz CT molecular complexity index is 233. The fourth-order valence-electron chi connectivity index (χ4n) is 1.87. The van der Waals surface area contributed by atoms with E-state index in [9.17, 15) is 4.79 Å². The van der Waals surface area contributed by atoms with Gasteiger partial charge < -0.3 is 14.2 Å². The summed E-state index contributed by atoms with van der Waals surface area (Å²) in [5, 5.41) is 3.25. The summed E-state index contributed by atoms with van der Waals surface area (Å²) in [6.07, 6.45) is 1.49. The first-order valence-electron chi connectivity index (χ1n) is 6.39. The van der Waals surface area contributed by atoms with Crippen LogP contribution in [-0.2, 0) is 19.0 Å². The van der Waals surface area contributed by atoms with Gasteiger partial charge in [-0.2, -0.15) is 0 Å². The number of rotatable bonds is 10. The molecule has 0 aromatic heterocycles. The van der Waals surface area contributed by atoms with E-state index in [4.69, 9.17) is 14.2 Å². The Morgan fingerprint density at radius 3 is 2.39 bits per heavy atom. The zero-order valence-electron chi connectivity index (χ0n) is 12.2. The van der Waals surface area contributed by atoms with Gasteiger partial charge in [-0.3, -0.25) is 10.1 Å². The molecule has 18 heavy (non-hydrogen) atoms. The summed E-state index contributed by atoms with van der Waals surface area (Å²) in [6, 6.07) is 0.225. The van der Waals surface area contributed by atoms with Gasteiger partial charge in [-0.1, -0.05) is 0 Å². The Labute approximate surface area is 110 Å². The summed E-state index contributed by atoms with van der Waals surface area (Å²) < 4.78 is 15.1. The molecule has 1 atom stereocenters. The topological polar surface area (TPSA) is 56.8 Å². The molecule has 1 N–H and O–H groups in total. The number of methoxy groups -OCH3 is 2. The summed E-state index contributed by atoms with van der Waals surface area (Å²) in [4.78, 5) is 11.8. The first-order chi connectivity index (χ1) is 8.46. The molecule has 0 aromatic carbocycles. The lowest BCUT2D eigenvalue weighted by Gasteiger charge is -2.30. The van der Waals surface area contributed by atoms with Crippen molar-refractivity contribution in [2.75, 3.05) is 34.0 Å². The van der Waals surface area contributed by atoms with Gasteiger partial charge in [0.2, 0.25) is 0 Å². The SMILES string of the molecule is COCCOCCCC(C)(NC(C)C)C(=O)OC. The predicted octanol–water partition coefficient (Wildman–Crippen LogP) is 1.36. The summed E-state index contributed by atoms with van der Waals surface area (Å²) in [7, 11) is 3.06. The van der Waals surface area contributed by atoms with Crippen molar-refractivity contribution in [1.82, 2.24) is 5.32 Å². The second kappa shape index (κ2) is 9.30. The third-order valence-corrected chi connectivity index (χ3v) is 2.64. The monoisotopic (exact) mass is 261 g/mol. The molecule has 0 rings (SSSR count). The van der Waals surface area contributed by atoms with Gasteiger partial charge >= 0.3 is 5.97 Å². The first-order valence-corrected chi connectivity index (χ1v) is 6.39. The Morgan fingerprint density at radius 1 is 1.22 bits per heavy atom. The minimum Gasteiger partial charge on any atom is -0.468 e. The van der Waals surface area contributed by atoms with Crippen LogP contribution in [0.15, 0.2) is 0 Å². The smallest absolute Gasteiger partial charge is 0.325 e. The summed E-state index contributed by atoms with van der Waals surface area (Å²) in [5.74, 6) is -0.229. The second-order valence-electron chi connectivity index (χ2n) is 4.83. The van der Waals surface area contributed by atoms with Gasteiger partial charge in [0, 0.05) is 19.8 Å². The molecule has 0 amide bonds. The number of hydrogen-bond donors (Lipinski definition) is 1. The van der Waals surface area contributed by atoms with Crippen molar-refractivity contribution < 1.29 is 19.0 Å². The van der Waals surface area contributed by atoms with Crippen LogP contribution in [0.25, 0.3) is 0 Å². The van der Waals surface area contributed by atoms with Gasteiger partial charge in [-0.25, -0.2) is 0 Å². The molecule has 0 saturated heterocycles. The van der Waals surface area contributed by atoms with Crippen LogP contribution in [0, 0.1) is 0 Å². The fraction of sp³-hybridized carbons (Fsp3) is 0.923. The van der Waals surface area contributed by atoms with E-state index in [1.165, 1.54) is 7.11 Å². The van der Waals surface area contributed by atoms with Crippen LogP contribution in [0.4, 0.5) is 0 Å². The van der Waals surface area contributed by atoms with Crippen LogP contribution in [0.5, 0.6) is 0 Å². The lowest BCUT2D eigenvalue weighted by atomic mass is 9.95. The maximum atomic E-state index is 11.8. The molecule has 0 fully saturated rings. The molecule has 0 bridgehead atoms. The highest BCUT2D eigenvalue weighted by atomic mass is 16.5. The molecule has 5 nitrogen and oxygen atoms in total. The maximum Gasteiger partial charge on any atom is 0.325 e. The number of hydrogen-bond acceptors (Lipinski definition) is 5. The quantitative estimate of drug-likeness (QED) is 0.475. The second-order valence-corrected chi connectivity index (χ2v) is 4.83. The lowest BCUT2D eigenvalue weighted by Crippen LogP contribution is -2.53. The Kier molecular flexibility index (Phi) is 8.97. The predicted molar refractivity (Wildman–Crippen MR) is 70.6 cm³/mol. The summed E-state index contributed by atoms with van der Waals surface area (Å²) >= 11 is 0. The van der Waals surface area contributed by atoms with E-state index in [-0.39, 0.29) is 12.0 Å². The normalized spacial score (nSPS) is 14.6. The van der Waals surface area contributed by atoms with E-state index in [0.717, 1.165) is 6.42 Å². The number of esters is 1. The van der Waals surface area contributed by atoms with Gasteiger partial charge in [0.1, 0.15) is 5.54 Å². The standard InChI is InChI=1S/C13H27NO4/c1-11(2)14-13(3,12(15)17-5)7-6-8-18-10-9-16-4/h11,14H,6-10H2,1-5H3. The van der Waals surface area contributed by atoms with Crippen molar-refractivity contribution in [3.05, 3.63) is 0 Å². The molecule has 0 saturated carbocycles. The van der Waals surface area contributed by atoms with E-state index in [1.807, 2.05) is 20.8 Å². The van der Waals surface area contributed by atoms with Crippen LogP contribution in [0.1, 0.15) is 33.6 Å². The Hall–Kier alpha value is -0.650. The maximum absolute atomic E-state index is 11.8. The Balaban J connectivity index is 4.05. The van der Waals surface area contributed by atoms with Crippen LogP contribution in [0.2, 0.25) is 0 Å². The molecule has 0 aliphatic carbocycles. The summed E-state index contributed by atoms with van der Waals surface area (Å²) in [5.41, 5.74) is -0.645. The zero-order valence-corrected chi connectivity index (χ0v) is 12.2. The van der Waals surface area contributed by atoms with Crippen LogP contribution in [-0.4, -0.2) is 51.6 Å². The molecule has 0 aliphatic heterocycles. The van der Waals surface area contributed by atoms with E-state index in [1.54, 1.807) is 7.11 Å². The number of carbonyl (C=O) groups is 1. The molecule has 0 radical (unpaired) electrons. The van der Waals surface area contributed by atoms with Crippen molar-refractivity contribution in [3.8, 4) is 0 Å². The molecule has 108 valence electrons. The highest BCUT2D eigenvalue weighted by Crippen LogP contribution is 2.15. The molecular weight excluding hydrogens is 234 g/mol. The summed E-state index contributed by atoms with van der Waals surface area (Å²) in [6.45, 7) is 7.69. The van der Waals surface area contributed by atoms with E-state index >= 15 is 0 Å². The third kappa shape index (κ3) is 6.93. The minimum absolute atomic E-state index is 0.225. The average Bonchev–Trinajstić information content (AvgIpc) is 2.31. The van der Waals surface area contributed by atoms with Gasteiger partial charge in [-0.05, 0) is 33.6 Å². The number of ether oxygens (including phenoxy) is 3. The molecule has 0 aliphatic rings. The first kappa shape index (κ1) is 17.4. The van der Waals surface area contributed by atoms with E-state index < -0.39 is 5.54 Å². The molecule has 0 heterocycles. The molecule has 1 unspecified atom stereocenters. The molecule has 0 spiro atoms. The highest BCUT2D eigenvalue weighted by molar-refractivity contribution is 5.80. The minimum atomic E-state index is -0.645. The van der Waals surface area contributed by atoms with Crippen molar-refractivity contribution >= 4 is 5.97 Å². The van der Waals surface area contributed by atoms with Gasteiger partial charge in [0.05, 0.1) is 20.3 Å². The largest absolute Gasteiger partial charge is 0.468 e. The van der Waals surface area contributed by atoms with Crippen molar-refractivity contribution in [3.63, 3.8) is 0 Å². The van der Waals surface area contributed by atoms with Gasteiger partial charge in [0.25, 0.3) is 0 Å². The van der Waals surface area contributed by atoms with Crippen molar-refractivity contribution in [2.45, 2.75) is 45.2 Å². The van der Waals surface area contributed by atoms with Gasteiger partial charge in [0.15, 0.2) is 0 Å². The van der Waals surface area contributed by atoms with Crippen LogP contribution < -0.4 is 5.32 Å². The fourth-order valence-corrected chi connectivity index (χ4v) is 1.87. The molecular formula is C13H27NO4. The van der Waals surface area contributed by atoms with Crippen molar-refractivity contribution in [2.24, 2.45) is 0 Å². The molecule has 5 heteroatoms. The third-order valence-electron chi connectivity index (χ3n) is 2.64. The van der Waals surface area contributed by atoms with Gasteiger partial charge in [-0.15, -0.1) is 0 Å². The number of nitrogens with one attached hydrogen (secondary N) is 1. The van der Waals surface area contributed by atoms with Crippen LogP contribution >= 0.6 is 0 Å². The molecule has 0 aromatic rings. The van der Waals surface area contributed by atoms with E-state index in [0.29, 0.717) is 26.2 Å². The zero-order chi connectivity index (χ0) is 14.0. The Morgan fingerprint density at radius 2 is 1.89 bits per heavy atom. The van der Waals surface area contributed by atoms with E-state index in [2.05, 4.69) is 5.32 Å². The number of carbonyl (C=O) groups excluding carboxylic acids is 1. The van der Waals surface area contributed by atoms with Crippen molar-refractivity contribution in [1.29, 1.82) is 0 Å². The highest BCUT2D eigenvalue weighted by Gasteiger charge is 2.33. The van der Waals surface area contributed by atoms with Crippen LogP contribution in [0.3, 0.4) is 0 Å². The lowest BCUT2D eigenvalue weighted by molar-refractivity contribution is -0.148.